The molecule has 0 unspecified atom stereocenters. The summed E-state index contributed by atoms with van der Waals surface area (Å²) < 4.78 is 5.39. The van der Waals surface area contributed by atoms with Crippen molar-refractivity contribution in [3.8, 4) is 6.07 Å². The molecule has 0 N–H and O–H groups in total. The molecule has 1 aromatic rings. The maximum atomic E-state index is 12.9. The average Bonchev–Trinajstić information content (AvgIpc) is 2.80. The standard InChI is InChI=1S/C23H32N4O2/c24-16-19-3-1-4-20(15-19)17-25-9-6-22(7-10-25)27-8-2-5-21(18-27)23(28)26-11-13-29-14-12-26/h1,3-4,15,21-22H,2,5-14,17-18H2/t21-/m1/s1. The monoisotopic (exact) mass is 396 g/mol. The summed E-state index contributed by atoms with van der Waals surface area (Å²) in [7, 11) is 0. The molecule has 156 valence electrons. The summed E-state index contributed by atoms with van der Waals surface area (Å²) >= 11 is 0. The molecule has 1 amide bonds. The second-order valence-electron chi connectivity index (χ2n) is 8.59. The van der Waals surface area contributed by atoms with Crippen LogP contribution >= 0.6 is 0 Å². The van der Waals surface area contributed by atoms with Crippen LogP contribution in [-0.2, 0) is 16.1 Å². The van der Waals surface area contributed by atoms with Crippen LogP contribution in [-0.4, -0.2) is 79.1 Å². The van der Waals surface area contributed by atoms with Crippen molar-refractivity contribution in [1.82, 2.24) is 14.7 Å². The molecule has 6 heteroatoms. The molecule has 3 saturated heterocycles. The lowest BCUT2D eigenvalue weighted by Gasteiger charge is -2.43. The van der Waals surface area contributed by atoms with Crippen molar-refractivity contribution in [1.29, 1.82) is 5.26 Å². The zero-order valence-electron chi connectivity index (χ0n) is 17.3. The second-order valence-corrected chi connectivity index (χ2v) is 8.59. The van der Waals surface area contributed by atoms with Crippen LogP contribution < -0.4 is 0 Å². The molecular formula is C23H32N4O2. The highest BCUT2D eigenvalue weighted by Gasteiger charge is 2.33. The zero-order valence-corrected chi connectivity index (χ0v) is 17.3. The van der Waals surface area contributed by atoms with Crippen molar-refractivity contribution >= 4 is 5.91 Å². The molecule has 0 aliphatic carbocycles. The molecule has 3 fully saturated rings. The van der Waals surface area contributed by atoms with E-state index < -0.39 is 0 Å². The number of piperidine rings is 2. The van der Waals surface area contributed by atoms with E-state index >= 15 is 0 Å². The number of nitriles is 1. The SMILES string of the molecule is N#Cc1cccc(CN2CCC(N3CCC[C@@H](C(=O)N4CCOCC4)C3)CC2)c1. The molecule has 1 atom stereocenters. The Kier molecular flexibility index (Phi) is 6.81. The van der Waals surface area contributed by atoms with Crippen LogP contribution in [0.15, 0.2) is 24.3 Å². The topological polar surface area (TPSA) is 59.8 Å². The van der Waals surface area contributed by atoms with Gasteiger partial charge in [-0.1, -0.05) is 12.1 Å². The van der Waals surface area contributed by atoms with Crippen LogP contribution in [0.2, 0.25) is 0 Å². The molecule has 3 aliphatic rings. The lowest BCUT2D eigenvalue weighted by Crippen LogP contribution is -2.52. The molecule has 0 spiro atoms. The lowest BCUT2D eigenvalue weighted by atomic mass is 9.92. The van der Waals surface area contributed by atoms with Gasteiger partial charge in [0.25, 0.3) is 0 Å². The number of amides is 1. The van der Waals surface area contributed by atoms with Gasteiger partial charge in [-0.3, -0.25) is 14.6 Å². The summed E-state index contributed by atoms with van der Waals surface area (Å²) in [6.45, 7) is 7.99. The Morgan fingerprint density at radius 2 is 1.90 bits per heavy atom. The van der Waals surface area contributed by atoms with Crippen molar-refractivity contribution < 1.29 is 9.53 Å². The van der Waals surface area contributed by atoms with E-state index in [9.17, 15) is 4.79 Å². The molecule has 3 heterocycles. The molecule has 0 radical (unpaired) electrons. The minimum absolute atomic E-state index is 0.161. The number of carbonyl (C=O) groups is 1. The average molecular weight is 397 g/mol. The fourth-order valence-corrected chi connectivity index (χ4v) is 5.02. The van der Waals surface area contributed by atoms with Crippen LogP contribution in [0.3, 0.4) is 0 Å². The van der Waals surface area contributed by atoms with Gasteiger partial charge in [-0.15, -0.1) is 0 Å². The molecule has 1 aromatic carbocycles. The van der Waals surface area contributed by atoms with Gasteiger partial charge in [-0.2, -0.15) is 5.26 Å². The molecule has 0 aromatic heterocycles. The predicted molar refractivity (Wildman–Crippen MR) is 111 cm³/mol. The Balaban J connectivity index is 1.26. The number of nitrogens with zero attached hydrogens (tertiary/aromatic N) is 4. The minimum Gasteiger partial charge on any atom is -0.378 e. The number of morpholine rings is 1. The molecule has 6 nitrogen and oxygen atoms in total. The molecule has 29 heavy (non-hydrogen) atoms. The van der Waals surface area contributed by atoms with E-state index in [-0.39, 0.29) is 5.92 Å². The van der Waals surface area contributed by atoms with E-state index in [1.165, 1.54) is 5.56 Å². The van der Waals surface area contributed by atoms with Crippen LogP contribution in [0, 0.1) is 17.2 Å². The van der Waals surface area contributed by atoms with Crippen LogP contribution in [0.1, 0.15) is 36.8 Å². The fraction of sp³-hybridized carbons (Fsp3) is 0.652. The highest BCUT2D eigenvalue weighted by atomic mass is 16.5. The lowest BCUT2D eigenvalue weighted by molar-refractivity contribution is -0.142. The molecule has 3 aliphatic heterocycles. The van der Waals surface area contributed by atoms with E-state index in [4.69, 9.17) is 10.00 Å². The Morgan fingerprint density at radius 3 is 2.66 bits per heavy atom. The zero-order chi connectivity index (χ0) is 20.1. The van der Waals surface area contributed by atoms with E-state index in [2.05, 4.69) is 21.9 Å². The number of hydrogen-bond donors (Lipinski definition) is 0. The third-order valence-corrected chi connectivity index (χ3v) is 6.66. The Bertz CT molecular complexity index is 733. The first-order valence-electron chi connectivity index (χ1n) is 11.0. The summed E-state index contributed by atoms with van der Waals surface area (Å²) in [4.78, 5) is 20.0. The molecule has 0 bridgehead atoms. The summed E-state index contributed by atoms with van der Waals surface area (Å²) in [6.07, 6.45) is 4.48. The number of ether oxygens (including phenoxy) is 1. The Morgan fingerprint density at radius 1 is 1.10 bits per heavy atom. The summed E-state index contributed by atoms with van der Waals surface area (Å²) in [6, 6.07) is 10.8. The maximum Gasteiger partial charge on any atom is 0.227 e. The second kappa shape index (κ2) is 9.71. The largest absolute Gasteiger partial charge is 0.378 e. The number of benzene rings is 1. The first kappa shape index (κ1) is 20.3. The van der Waals surface area contributed by atoms with E-state index in [0.717, 1.165) is 77.1 Å². The molecule has 0 saturated carbocycles. The third-order valence-electron chi connectivity index (χ3n) is 6.66. The van der Waals surface area contributed by atoms with E-state index in [1.807, 2.05) is 23.1 Å². The third kappa shape index (κ3) is 5.16. The molecule has 4 rings (SSSR count). The van der Waals surface area contributed by atoms with Gasteiger partial charge in [0.15, 0.2) is 0 Å². The smallest absolute Gasteiger partial charge is 0.227 e. The normalized spacial score (nSPS) is 24.9. The number of likely N-dealkylation sites (tertiary alicyclic amines) is 2. The quantitative estimate of drug-likeness (QED) is 0.780. The summed E-state index contributed by atoms with van der Waals surface area (Å²) in [5.74, 6) is 0.501. The number of carbonyl (C=O) groups excluding carboxylic acids is 1. The first-order valence-corrected chi connectivity index (χ1v) is 11.0. The van der Waals surface area contributed by atoms with Gasteiger partial charge in [0.1, 0.15) is 0 Å². The van der Waals surface area contributed by atoms with Gasteiger partial charge in [-0.05, 0) is 63.0 Å². The van der Waals surface area contributed by atoms with Gasteiger partial charge in [0, 0.05) is 32.2 Å². The fourth-order valence-electron chi connectivity index (χ4n) is 5.02. The number of rotatable bonds is 4. The van der Waals surface area contributed by atoms with Gasteiger partial charge in [-0.25, -0.2) is 0 Å². The molecular weight excluding hydrogens is 364 g/mol. The van der Waals surface area contributed by atoms with Crippen LogP contribution in [0.4, 0.5) is 0 Å². The highest BCUT2D eigenvalue weighted by molar-refractivity contribution is 5.79. The Hall–Kier alpha value is -1.94. The van der Waals surface area contributed by atoms with Crippen molar-refractivity contribution in [2.75, 3.05) is 52.5 Å². The van der Waals surface area contributed by atoms with E-state index in [1.54, 1.807) is 0 Å². The van der Waals surface area contributed by atoms with Gasteiger partial charge in [0.05, 0.1) is 30.8 Å². The minimum atomic E-state index is 0.161. The van der Waals surface area contributed by atoms with Gasteiger partial charge in [0.2, 0.25) is 5.91 Å². The van der Waals surface area contributed by atoms with Crippen molar-refractivity contribution in [2.45, 2.75) is 38.3 Å². The van der Waals surface area contributed by atoms with Crippen LogP contribution in [0.25, 0.3) is 0 Å². The number of hydrogen-bond acceptors (Lipinski definition) is 5. The summed E-state index contributed by atoms with van der Waals surface area (Å²) in [5.41, 5.74) is 1.96. The van der Waals surface area contributed by atoms with Gasteiger partial charge >= 0.3 is 0 Å². The first-order chi connectivity index (χ1) is 14.2. The van der Waals surface area contributed by atoms with Crippen molar-refractivity contribution in [3.05, 3.63) is 35.4 Å². The van der Waals surface area contributed by atoms with Crippen molar-refractivity contribution in [2.24, 2.45) is 5.92 Å². The van der Waals surface area contributed by atoms with Gasteiger partial charge < -0.3 is 9.64 Å². The summed E-state index contributed by atoms with van der Waals surface area (Å²) in [5, 5.41) is 9.09. The maximum absolute atomic E-state index is 12.9. The van der Waals surface area contributed by atoms with Crippen LogP contribution in [0.5, 0.6) is 0 Å². The van der Waals surface area contributed by atoms with E-state index in [0.29, 0.717) is 25.2 Å². The predicted octanol–water partition coefficient (Wildman–Crippen LogP) is 2.09. The Labute approximate surface area is 174 Å². The van der Waals surface area contributed by atoms with Crippen molar-refractivity contribution in [3.63, 3.8) is 0 Å². The highest BCUT2D eigenvalue weighted by Crippen LogP contribution is 2.26.